The van der Waals surface area contributed by atoms with Gasteiger partial charge in [-0.2, -0.15) is 0 Å². The highest BCUT2D eigenvalue weighted by Crippen LogP contribution is 2.31. The van der Waals surface area contributed by atoms with E-state index in [4.69, 9.17) is 0 Å². The molecule has 0 aromatic heterocycles. The Morgan fingerprint density at radius 2 is 2.16 bits per heavy atom. The monoisotopic (exact) mass is 260 g/mol. The van der Waals surface area contributed by atoms with Crippen LogP contribution in [0.4, 0.5) is 0 Å². The van der Waals surface area contributed by atoms with Gasteiger partial charge in [0.25, 0.3) is 0 Å². The molecule has 0 aromatic rings. The lowest BCUT2D eigenvalue weighted by Crippen LogP contribution is -2.39. The maximum absolute atomic E-state index is 12.2. The minimum absolute atomic E-state index is 0.0646. The lowest BCUT2D eigenvalue weighted by molar-refractivity contribution is -0.127. The van der Waals surface area contributed by atoms with Crippen molar-refractivity contribution in [2.75, 3.05) is 13.6 Å². The van der Waals surface area contributed by atoms with Gasteiger partial charge in [-0.1, -0.05) is 25.7 Å². The number of carbonyl (C=O) groups is 1. The van der Waals surface area contributed by atoms with Gasteiger partial charge < -0.3 is 10.2 Å². The van der Waals surface area contributed by atoms with Crippen molar-refractivity contribution in [1.82, 2.24) is 10.2 Å². The van der Waals surface area contributed by atoms with E-state index in [1.54, 1.807) is 6.08 Å². The van der Waals surface area contributed by atoms with Crippen molar-refractivity contribution < 1.29 is 4.79 Å². The van der Waals surface area contributed by atoms with Gasteiger partial charge >= 0.3 is 0 Å². The molecule has 0 bridgehead atoms. The smallest absolute Gasteiger partial charge is 0.230 e. The van der Waals surface area contributed by atoms with Crippen LogP contribution in [-0.4, -0.2) is 24.4 Å². The number of nitrogens with zero attached hydrogens (tertiary/aromatic N) is 1. The molecule has 3 nitrogen and oxygen atoms in total. The average Bonchev–Trinajstić information content (AvgIpc) is 2.38. The van der Waals surface area contributed by atoms with E-state index in [9.17, 15) is 4.79 Å². The third-order valence-electron chi connectivity index (χ3n) is 3.29. The summed E-state index contributed by atoms with van der Waals surface area (Å²) in [4.78, 5) is 14.2. The molecule has 0 saturated heterocycles. The first-order valence-electron chi connectivity index (χ1n) is 6.67. The second-order valence-electron chi connectivity index (χ2n) is 5.24. The first-order valence-corrected chi connectivity index (χ1v) is 6.67. The first kappa shape index (κ1) is 15.3. The van der Waals surface area contributed by atoms with E-state index >= 15 is 0 Å². The van der Waals surface area contributed by atoms with Crippen LogP contribution in [0.5, 0.6) is 0 Å². The Hall–Kier alpha value is -1.77. The number of hydrogen-bond acceptors (Lipinski definition) is 2. The van der Waals surface area contributed by atoms with Gasteiger partial charge in [0.05, 0.1) is 5.41 Å². The van der Waals surface area contributed by atoms with Crippen molar-refractivity contribution in [1.29, 1.82) is 0 Å². The molecule has 1 aliphatic heterocycles. The number of allylic oxidation sites excluding steroid dienone is 4. The normalized spacial score (nSPS) is 17.4. The largest absolute Gasteiger partial charge is 0.355 e. The van der Waals surface area contributed by atoms with Crippen LogP contribution in [-0.2, 0) is 4.79 Å². The first-order chi connectivity index (χ1) is 8.93. The Bertz CT molecular complexity index is 442. The highest BCUT2D eigenvalue weighted by molar-refractivity contribution is 5.85. The van der Waals surface area contributed by atoms with Gasteiger partial charge in [-0.15, -0.1) is 0 Å². The molecule has 0 aliphatic carbocycles. The number of amides is 1. The molecular weight excluding hydrogens is 236 g/mol. The number of hydrogen-bond donors (Lipinski definition) is 1. The van der Waals surface area contributed by atoms with Crippen LogP contribution in [0.25, 0.3) is 0 Å². The number of nitrogens with one attached hydrogen (secondary N) is 1. The van der Waals surface area contributed by atoms with Crippen LogP contribution >= 0.6 is 0 Å². The fraction of sp³-hybridized carbons (Fsp3) is 0.438. The fourth-order valence-corrected chi connectivity index (χ4v) is 1.87. The van der Waals surface area contributed by atoms with Crippen LogP contribution in [0.3, 0.4) is 0 Å². The molecule has 1 heterocycles. The summed E-state index contributed by atoms with van der Waals surface area (Å²) in [7, 11) is 1.97. The van der Waals surface area contributed by atoms with Crippen molar-refractivity contribution in [2.45, 2.75) is 27.2 Å². The van der Waals surface area contributed by atoms with Crippen molar-refractivity contribution >= 4 is 5.91 Å². The number of likely N-dealkylation sites (N-methyl/N-ethyl adjacent to an activating group) is 1. The van der Waals surface area contributed by atoms with E-state index in [1.807, 2.05) is 57.1 Å². The predicted octanol–water partition coefficient (Wildman–Crippen LogP) is 2.99. The second-order valence-corrected chi connectivity index (χ2v) is 5.24. The molecule has 0 unspecified atom stereocenters. The average molecular weight is 260 g/mol. The van der Waals surface area contributed by atoms with Gasteiger partial charge in [0.15, 0.2) is 0 Å². The summed E-state index contributed by atoms with van der Waals surface area (Å²) in [5.74, 6) is 0.0646. The Morgan fingerprint density at radius 3 is 2.68 bits per heavy atom. The topological polar surface area (TPSA) is 32.3 Å². The van der Waals surface area contributed by atoms with Gasteiger partial charge in [-0.3, -0.25) is 4.79 Å². The quantitative estimate of drug-likeness (QED) is 0.824. The van der Waals surface area contributed by atoms with Crippen molar-refractivity contribution in [3.63, 3.8) is 0 Å². The highest BCUT2D eigenvalue weighted by Gasteiger charge is 2.31. The number of carbonyl (C=O) groups excluding carboxylic acids is 1. The van der Waals surface area contributed by atoms with Crippen LogP contribution in [0.2, 0.25) is 0 Å². The molecule has 1 amide bonds. The molecule has 0 atom stereocenters. The zero-order chi connectivity index (χ0) is 14.5. The van der Waals surface area contributed by atoms with Gasteiger partial charge in [0, 0.05) is 25.5 Å². The summed E-state index contributed by atoms with van der Waals surface area (Å²) >= 11 is 0. The maximum atomic E-state index is 12.2. The van der Waals surface area contributed by atoms with Crippen LogP contribution < -0.4 is 5.32 Å². The minimum Gasteiger partial charge on any atom is -0.355 e. The Kier molecular flexibility index (Phi) is 5.16. The molecule has 104 valence electrons. The summed E-state index contributed by atoms with van der Waals surface area (Å²) in [6.07, 6.45) is 10.7. The van der Waals surface area contributed by atoms with Crippen molar-refractivity contribution in [3.05, 3.63) is 48.4 Å². The van der Waals surface area contributed by atoms with Crippen molar-refractivity contribution in [3.8, 4) is 0 Å². The zero-order valence-electron chi connectivity index (χ0n) is 12.4. The molecule has 0 saturated carbocycles. The van der Waals surface area contributed by atoms with Gasteiger partial charge in [-0.05, 0) is 38.0 Å². The van der Waals surface area contributed by atoms with E-state index in [2.05, 4.69) is 11.9 Å². The molecule has 1 rings (SSSR count). The molecule has 19 heavy (non-hydrogen) atoms. The Balaban J connectivity index is 2.89. The molecule has 3 heteroatoms. The molecule has 0 spiro atoms. The van der Waals surface area contributed by atoms with Gasteiger partial charge in [0.2, 0.25) is 5.91 Å². The van der Waals surface area contributed by atoms with E-state index < -0.39 is 5.41 Å². The van der Waals surface area contributed by atoms with Gasteiger partial charge in [-0.25, -0.2) is 0 Å². The minimum atomic E-state index is -0.528. The summed E-state index contributed by atoms with van der Waals surface area (Å²) < 4.78 is 0. The predicted molar refractivity (Wildman–Crippen MR) is 80.3 cm³/mol. The fourth-order valence-electron chi connectivity index (χ4n) is 1.87. The van der Waals surface area contributed by atoms with E-state index in [0.717, 1.165) is 24.2 Å². The van der Waals surface area contributed by atoms with Crippen LogP contribution in [0.15, 0.2) is 48.4 Å². The summed E-state index contributed by atoms with van der Waals surface area (Å²) in [6.45, 7) is 10.4. The van der Waals surface area contributed by atoms with E-state index in [-0.39, 0.29) is 5.91 Å². The Morgan fingerprint density at radius 1 is 1.47 bits per heavy atom. The molecule has 0 fully saturated rings. The van der Waals surface area contributed by atoms with E-state index in [0.29, 0.717) is 0 Å². The number of rotatable bonds is 5. The highest BCUT2D eigenvalue weighted by atomic mass is 16.2. The summed E-state index contributed by atoms with van der Waals surface area (Å²) in [5.41, 5.74) is 1.54. The van der Waals surface area contributed by atoms with Crippen LogP contribution in [0.1, 0.15) is 27.2 Å². The Labute approximate surface area is 116 Å². The standard InChI is InChI=1S/C16H24N2O/c1-6-8-14-10-9-13(12-18(14)5)16(3,4)15(19)17-11-7-2/h6,8-10,12H,1,7,11H2,2-5H3,(H,17,19)/b14-8-. The molecular formula is C16H24N2O. The van der Waals surface area contributed by atoms with E-state index in [1.165, 1.54) is 0 Å². The molecule has 1 aliphatic rings. The second kappa shape index (κ2) is 6.41. The lowest BCUT2D eigenvalue weighted by atomic mass is 9.82. The molecule has 1 N–H and O–H groups in total. The van der Waals surface area contributed by atoms with Gasteiger partial charge in [0.1, 0.15) is 0 Å². The zero-order valence-corrected chi connectivity index (χ0v) is 12.4. The third-order valence-corrected chi connectivity index (χ3v) is 3.29. The summed E-state index contributed by atoms with van der Waals surface area (Å²) in [6, 6.07) is 0. The summed E-state index contributed by atoms with van der Waals surface area (Å²) in [5, 5.41) is 2.96. The van der Waals surface area contributed by atoms with Crippen LogP contribution in [0, 0.1) is 5.41 Å². The lowest BCUT2D eigenvalue weighted by Gasteiger charge is -2.30. The molecule has 0 radical (unpaired) electrons. The maximum Gasteiger partial charge on any atom is 0.230 e. The molecule has 0 aromatic carbocycles. The van der Waals surface area contributed by atoms with Crippen molar-refractivity contribution in [2.24, 2.45) is 5.41 Å². The SMILES string of the molecule is C=C/C=C1/C=CC(C(C)(C)C(=O)NCCC)=CN1C. The third kappa shape index (κ3) is 3.60.